The SMILES string of the molecule is CCCC(C)NC(=O)C1N([C@@H](CC)CO)C(=O)[C@@H]2[C@H](C(=O)NCc3ccccc3)[C@H]3OC12CC3Br. The molecule has 3 saturated heterocycles. The smallest absolute Gasteiger partial charge is 0.246 e. The lowest BCUT2D eigenvalue weighted by molar-refractivity contribution is -0.146. The van der Waals surface area contributed by atoms with Crippen LogP contribution >= 0.6 is 15.9 Å². The van der Waals surface area contributed by atoms with Crippen molar-refractivity contribution >= 4 is 33.7 Å². The largest absolute Gasteiger partial charge is 0.394 e. The number of nitrogens with zero attached hydrogens (tertiary/aromatic N) is 1. The van der Waals surface area contributed by atoms with Gasteiger partial charge in [-0.1, -0.05) is 66.5 Å². The molecular formula is C26H36BrN3O5. The van der Waals surface area contributed by atoms with Gasteiger partial charge in [0.05, 0.1) is 30.6 Å². The van der Waals surface area contributed by atoms with Crippen LogP contribution in [0.3, 0.4) is 0 Å². The number of likely N-dealkylation sites (tertiary alicyclic amines) is 1. The maximum Gasteiger partial charge on any atom is 0.246 e. The van der Waals surface area contributed by atoms with Gasteiger partial charge in [-0.05, 0) is 31.7 Å². The van der Waals surface area contributed by atoms with E-state index in [1.807, 2.05) is 44.2 Å². The molecule has 0 radical (unpaired) electrons. The van der Waals surface area contributed by atoms with Crippen molar-refractivity contribution in [1.29, 1.82) is 0 Å². The van der Waals surface area contributed by atoms with E-state index in [1.165, 1.54) is 4.90 Å². The Kier molecular flexibility index (Phi) is 7.88. The molecule has 3 aliphatic rings. The van der Waals surface area contributed by atoms with Crippen molar-refractivity contribution in [3.05, 3.63) is 35.9 Å². The number of hydrogen-bond acceptors (Lipinski definition) is 5. The first-order chi connectivity index (χ1) is 16.8. The second-order valence-electron chi connectivity index (χ2n) is 10.1. The van der Waals surface area contributed by atoms with Gasteiger partial charge < -0.3 is 25.4 Å². The van der Waals surface area contributed by atoms with Gasteiger partial charge in [-0.2, -0.15) is 0 Å². The van der Waals surface area contributed by atoms with E-state index >= 15 is 0 Å². The van der Waals surface area contributed by atoms with Gasteiger partial charge in [0.15, 0.2) is 0 Å². The number of fused-ring (bicyclic) bond motifs is 1. The molecule has 8 nitrogen and oxygen atoms in total. The van der Waals surface area contributed by atoms with Crippen LogP contribution in [0.1, 0.15) is 52.0 Å². The number of amides is 3. The Morgan fingerprint density at radius 2 is 1.97 bits per heavy atom. The Balaban J connectivity index is 1.66. The summed E-state index contributed by atoms with van der Waals surface area (Å²) in [5.41, 5.74) is -0.147. The van der Waals surface area contributed by atoms with Crippen LogP contribution in [-0.2, 0) is 25.7 Å². The summed E-state index contributed by atoms with van der Waals surface area (Å²) >= 11 is 3.68. The van der Waals surface area contributed by atoms with E-state index in [0.29, 0.717) is 19.4 Å². The highest BCUT2D eigenvalue weighted by atomic mass is 79.9. The number of ether oxygens (including phenoxy) is 1. The Morgan fingerprint density at radius 3 is 2.60 bits per heavy atom. The summed E-state index contributed by atoms with van der Waals surface area (Å²) in [6, 6.07) is 8.12. The van der Waals surface area contributed by atoms with Gasteiger partial charge in [0.2, 0.25) is 17.7 Å². The molecule has 4 rings (SSSR count). The molecule has 0 aromatic heterocycles. The van der Waals surface area contributed by atoms with Crippen LogP contribution in [0.5, 0.6) is 0 Å². The summed E-state index contributed by atoms with van der Waals surface area (Å²) in [5, 5.41) is 16.1. The van der Waals surface area contributed by atoms with Gasteiger partial charge in [0.25, 0.3) is 0 Å². The lowest BCUT2D eigenvalue weighted by Gasteiger charge is -2.37. The number of benzene rings is 1. The normalized spacial score (nSPS) is 32.9. The fourth-order valence-electron chi connectivity index (χ4n) is 6.20. The third-order valence-corrected chi connectivity index (χ3v) is 8.62. The molecular weight excluding hydrogens is 514 g/mol. The van der Waals surface area contributed by atoms with Crippen molar-refractivity contribution in [3.8, 4) is 0 Å². The highest BCUT2D eigenvalue weighted by molar-refractivity contribution is 9.09. The van der Waals surface area contributed by atoms with Gasteiger partial charge in [0.1, 0.15) is 11.6 Å². The van der Waals surface area contributed by atoms with E-state index in [1.54, 1.807) is 0 Å². The summed E-state index contributed by atoms with van der Waals surface area (Å²) in [6.07, 6.45) is 2.18. The Morgan fingerprint density at radius 1 is 1.26 bits per heavy atom. The van der Waals surface area contributed by atoms with E-state index in [0.717, 1.165) is 18.4 Å². The second kappa shape index (κ2) is 10.6. The van der Waals surface area contributed by atoms with Crippen LogP contribution in [0.25, 0.3) is 0 Å². The monoisotopic (exact) mass is 549 g/mol. The van der Waals surface area contributed by atoms with Crippen LogP contribution < -0.4 is 10.6 Å². The number of hydrogen-bond donors (Lipinski definition) is 3. The first-order valence-corrected chi connectivity index (χ1v) is 13.6. The first kappa shape index (κ1) is 26.1. The maximum absolute atomic E-state index is 13.9. The van der Waals surface area contributed by atoms with E-state index < -0.39 is 35.6 Å². The van der Waals surface area contributed by atoms with Crippen molar-refractivity contribution in [2.75, 3.05) is 6.61 Å². The molecule has 4 unspecified atom stereocenters. The number of aliphatic hydroxyl groups is 1. The number of alkyl halides is 1. The van der Waals surface area contributed by atoms with Crippen LogP contribution in [-0.4, -0.2) is 69.0 Å². The Hall–Kier alpha value is -1.97. The first-order valence-electron chi connectivity index (χ1n) is 12.7. The minimum Gasteiger partial charge on any atom is -0.394 e. The van der Waals surface area contributed by atoms with E-state index in [9.17, 15) is 19.5 Å². The van der Waals surface area contributed by atoms with Crippen molar-refractivity contribution < 1.29 is 24.2 Å². The van der Waals surface area contributed by atoms with Crippen molar-refractivity contribution in [2.45, 2.75) is 87.7 Å². The highest BCUT2D eigenvalue weighted by Gasteiger charge is 2.76. The molecule has 8 atom stereocenters. The molecule has 0 saturated carbocycles. The molecule has 192 valence electrons. The molecule has 1 aromatic rings. The summed E-state index contributed by atoms with van der Waals surface area (Å²) < 4.78 is 6.48. The quantitative estimate of drug-likeness (QED) is 0.387. The lowest BCUT2D eigenvalue weighted by atomic mass is 9.70. The molecule has 3 fully saturated rings. The summed E-state index contributed by atoms with van der Waals surface area (Å²) in [6.45, 7) is 5.97. The van der Waals surface area contributed by atoms with Crippen LogP contribution in [0, 0.1) is 11.8 Å². The number of carbonyl (C=O) groups is 3. The fourth-order valence-corrected chi connectivity index (χ4v) is 7.15. The van der Waals surface area contributed by atoms with E-state index in [4.69, 9.17) is 4.74 Å². The maximum atomic E-state index is 13.9. The average Bonchev–Trinajstić information content (AvgIpc) is 3.43. The van der Waals surface area contributed by atoms with Crippen molar-refractivity contribution in [3.63, 3.8) is 0 Å². The minimum atomic E-state index is -1.11. The molecule has 35 heavy (non-hydrogen) atoms. The molecule has 3 heterocycles. The second-order valence-corrected chi connectivity index (χ2v) is 11.2. The molecule has 1 spiro atoms. The zero-order valence-corrected chi connectivity index (χ0v) is 22.2. The van der Waals surface area contributed by atoms with E-state index in [-0.39, 0.29) is 35.2 Å². The Bertz CT molecular complexity index is 942. The van der Waals surface area contributed by atoms with Crippen molar-refractivity contribution in [2.24, 2.45) is 11.8 Å². The van der Waals surface area contributed by atoms with Gasteiger partial charge in [0, 0.05) is 17.4 Å². The molecule has 0 aliphatic carbocycles. The van der Waals surface area contributed by atoms with Gasteiger partial charge in [-0.3, -0.25) is 14.4 Å². The van der Waals surface area contributed by atoms with Crippen LogP contribution in [0.15, 0.2) is 30.3 Å². The topological polar surface area (TPSA) is 108 Å². The summed E-state index contributed by atoms with van der Waals surface area (Å²) in [4.78, 5) is 42.4. The predicted octanol–water partition coefficient (Wildman–Crippen LogP) is 2.13. The van der Waals surface area contributed by atoms with Gasteiger partial charge >= 0.3 is 0 Å². The zero-order chi connectivity index (χ0) is 25.3. The Labute approximate surface area is 215 Å². The third-order valence-electron chi connectivity index (χ3n) is 7.77. The average molecular weight is 550 g/mol. The molecule has 2 bridgehead atoms. The summed E-state index contributed by atoms with van der Waals surface area (Å²) in [5.74, 6) is -2.29. The van der Waals surface area contributed by atoms with E-state index in [2.05, 4.69) is 33.5 Å². The third kappa shape index (κ3) is 4.51. The van der Waals surface area contributed by atoms with Gasteiger partial charge in [-0.15, -0.1) is 0 Å². The molecule has 3 aliphatic heterocycles. The van der Waals surface area contributed by atoms with Crippen molar-refractivity contribution in [1.82, 2.24) is 15.5 Å². The highest BCUT2D eigenvalue weighted by Crippen LogP contribution is 2.60. The number of halogens is 1. The zero-order valence-electron chi connectivity index (χ0n) is 20.6. The number of aliphatic hydroxyl groups excluding tert-OH is 1. The lowest BCUT2D eigenvalue weighted by Crippen LogP contribution is -2.59. The predicted molar refractivity (Wildman–Crippen MR) is 135 cm³/mol. The fraction of sp³-hybridized carbons (Fsp3) is 0.654. The summed E-state index contributed by atoms with van der Waals surface area (Å²) in [7, 11) is 0. The molecule has 3 N–H and O–H groups in total. The number of carbonyl (C=O) groups excluding carboxylic acids is 3. The number of rotatable bonds is 10. The van der Waals surface area contributed by atoms with Crippen LogP contribution in [0.4, 0.5) is 0 Å². The number of nitrogens with one attached hydrogen (secondary N) is 2. The van der Waals surface area contributed by atoms with Gasteiger partial charge in [-0.25, -0.2) is 0 Å². The van der Waals surface area contributed by atoms with Crippen LogP contribution in [0.2, 0.25) is 0 Å². The molecule has 1 aromatic carbocycles. The minimum absolute atomic E-state index is 0.0579. The molecule has 3 amide bonds. The molecule has 9 heteroatoms. The standard InChI is InChI=1S/C26H36BrN3O5/c1-4-9-15(3)29-24(33)22-26-12-18(27)21(35-26)19(20(26)25(34)30(22)17(5-2)14-31)23(32)28-13-16-10-7-6-8-11-16/h6-8,10-11,15,17-22,31H,4-5,9,12-14H2,1-3H3,(H,28,32)(H,29,33)/t15?,17-,18?,19-,20-,21-,22?,26?/m0/s1.